The van der Waals surface area contributed by atoms with E-state index >= 15 is 0 Å². The third kappa shape index (κ3) is 3.92. The minimum Gasteiger partial charge on any atom is -0.324 e. The summed E-state index contributed by atoms with van der Waals surface area (Å²) in [5.74, 6) is 0.278. The Labute approximate surface area is 126 Å². The highest BCUT2D eigenvalue weighted by atomic mass is 16.2. The van der Waals surface area contributed by atoms with Gasteiger partial charge in [-0.2, -0.15) is 0 Å². The fourth-order valence-corrected chi connectivity index (χ4v) is 2.10. The zero-order chi connectivity index (χ0) is 15.4. The summed E-state index contributed by atoms with van der Waals surface area (Å²) in [5.41, 5.74) is 9.98. The molecule has 0 spiro atoms. The van der Waals surface area contributed by atoms with Crippen molar-refractivity contribution < 1.29 is 4.79 Å². The maximum Gasteiger partial charge on any atom is 0.245 e. The molecule has 0 fully saturated rings. The van der Waals surface area contributed by atoms with E-state index in [1.54, 1.807) is 0 Å². The fraction of sp³-hybridized carbons (Fsp3) is 0.278. The third-order valence-electron chi connectivity index (χ3n) is 3.56. The largest absolute Gasteiger partial charge is 0.324 e. The normalized spacial score (nSPS) is 12.2. The Morgan fingerprint density at radius 1 is 0.952 bits per heavy atom. The van der Waals surface area contributed by atoms with Crippen LogP contribution in [0.1, 0.15) is 42.5 Å². The van der Waals surface area contributed by atoms with E-state index in [4.69, 9.17) is 5.73 Å². The first-order valence-electron chi connectivity index (χ1n) is 7.20. The first kappa shape index (κ1) is 15.3. The highest BCUT2D eigenvalue weighted by Gasteiger charge is 2.15. The quantitative estimate of drug-likeness (QED) is 0.897. The van der Waals surface area contributed by atoms with Crippen LogP contribution in [0.2, 0.25) is 0 Å². The zero-order valence-corrected chi connectivity index (χ0v) is 12.8. The summed E-state index contributed by atoms with van der Waals surface area (Å²) in [6.45, 7) is 6.29. The SMILES string of the molecule is Cc1ccc(C(N)C(=O)Nc2ccc(C(C)C)cc2)cc1. The van der Waals surface area contributed by atoms with Crippen LogP contribution in [0.3, 0.4) is 0 Å². The Kier molecular flexibility index (Phi) is 4.76. The Morgan fingerprint density at radius 3 is 2.00 bits per heavy atom. The molecular weight excluding hydrogens is 260 g/mol. The molecule has 1 amide bonds. The minimum atomic E-state index is -0.657. The molecule has 0 aromatic heterocycles. The van der Waals surface area contributed by atoms with Crippen LogP contribution in [-0.4, -0.2) is 5.91 Å². The van der Waals surface area contributed by atoms with E-state index in [2.05, 4.69) is 19.2 Å². The Bertz CT molecular complexity index is 600. The van der Waals surface area contributed by atoms with Crippen LogP contribution in [0.5, 0.6) is 0 Å². The van der Waals surface area contributed by atoms with E-state index in [9.17, 15) is 4.79 Å². The lowest BCUT2D eigenvalue weighted by atomic mass is 10.0. The van der Waals surface area contributed by atoms with Gasteiger partial charge in [0.05, 0.1) is 0 Å². The van der Waals surface area contributed by atoms with Crippen LogP contribution in [0.4, 0.5) is 5.69 Å². The van der Waals surface area contributed by atoms with Gasteiger partial charge in [-0.05, 0) is 36.1 Å². The number of nitrogens with one attached hydrogen (secondary N) is 1. The van der Waals surface area contributed by atoms with Gasteiger partial charge in [-0.1, -0.05) is 55.8 Å². The van der Waals surface area contributed by atoms with Crippen LogP contribution in [0.15, 0.2) is 48.5 Å². The number of hydrogen-bond acceptors (Lipinski definition) is 2. The molecule has 3 N–H and O–H groups in total. The predicted molar refractivity (Wildman–Crippen MR) is 87.3 cm³/mol. The molecule has 0 bridgehead atoms. The number of nitrogens with two attached hydrogens (primary N) is 1. The second kappa shape index (κ2) is 6.55. The van der Waals surface area contributed by atoms with Gasteiger partial charge in [-0.3, -0.25) is 4.79 Å². The highest BCUT2D eigenvalue weighted by molar-refractivity contribution is 5.95. The van der Waals surface area contributed by atoms with Crippen molar-refractivity contribution in [3.05, 3.63) is 65.2 Å². The molecule has 0 saturated heterocycles. The van der Waals surface area contributed by atoms with Crippen molar-refractivity contribution in [1.29, 1.82) is 0 Å². The lowest BCUT2D eigenvalue weighted by molar-refractivity contribution is -0.117. The molecule has 110 valence electrons. The average molecular weight is 282 g/mol. The summed E-state index contributed by atoms with van der Waals surface area (Å²) >= 11 is 0. The van der Waals surface area contributed by atoms with Crippen LogP contribution in [-0.2, 0) is 4.79 Å². The van der Waals surface area contributed by atoms with E-state index in [1.165, 1.54) is 5.56 Å². The molecule has 2 aromatic rings. The van der Waals surface area contributed by atoms with E-state index in [1.807, 2.05) is 55.5 Å². The standard InChI is InChI=1S/C18H22N2O/c1-12(2)14-8-10-16(11-9-14)20-18(21)17(19)15-6-4-13(3)5-7-15/h4-12,17H,19H2,1-3H3,(H,20,21). The molecule has 2 aromatic carbocycles. The average Bonchev–Trinajstić information content (AvgIpc) is 2.47. The summed E-state index contributed by atoms with van der Waals surface area (Å²) in [4.78, 5) is 12.2. The molecular formula is C18H22N2O. The summed E-state index contributed by atoms with van der Waals surface area (Å²) in [5, 5.41) is 2.86. The van der Waals surface area contributed by atoms with Crippen LogP contribution in [0.25, 0.3) is 0 Å². The second-order valence-corrected chi connectivity index (χ2v) is 5.65. The van der Waals surface area contributed by atoms with Gasteiger partial charge in [-0.25, -0.2) is 0 Å². The molecule has 0 heterocycles. The number of benzene rings is 2. The van der Waals surface area contributed by atoms with Crippen molar-refractivity contribution >= 4 is 11.6 Å². The molecule has 0 aliphatic heterocycles. The smallest absolute Gasteiger partial charge is 0.245 e. The van der Waals surface area contributed by atoms with Crippen molar-refractivity contribution in [3.63, 3.8) is 0 Å². The Morgan fingerprint density at radius 2 is 1.48 bits per heavy atom. The maximum atomic E-state index is 12.2. The van der Waals surface area contributed by atoms with E-state index < -0.39 is 6.04 Å². The van der Waals surface area contributed by atoms with Crippen molar-refractivity contribution in [2.24, 2.45) is 5.73 Å². The van der Waals surface area contributed by atoms with E-state index in [0.717, 1.165) is 16.8 Å². The molecule has 0 aliphatic carbocycles. The Balaban J connectivity index is 2.05. The molecule has 1 atom stereocenters. The summed E-state index contributed by atoms with van der Waals surface area (Å²) in [6, 6.07) is 14.9. The lowest BCUT2D eigenvalue weighted by Gasteiger charge is -2.13. The zero-order valence-electron chi connectivity index (χ0n) is 12.8. The van der Waals surface area contributed by atoms with Gasteiger partial charge in [0, 0.05) is 5.69 Å². The number of carbonyl (C=O) groups is 1. The third-order valence-corrected chi connectivity index (χ3v) is 3.56. The topological polar surface area (TPSA) is 55.1 Å². The van der Waals surface area contributed by atoms with Gasteiger partial charge >= 0.3 is 0 Å². The van der Waals surface area contributed by atoms with Crippen molar-refractivity contribution in [2.75, 3.05) is 5.32 Å². The summed E-state index contributed by atoms with van der Waals surface area (Å²) < 4.78 is 0. The molecule has 2 rings (SSSR count). The summed E-state index contributed by atoms with van der Waals surface area (Å²) in [7, 11) is 0. The Hall–Kier alpha value is -2.13. The van der Waals surface area contributed by atoms with Crippen molar-refractivity contribution in [2.45, 2.75) is 32.7 Å². The monoisotopic (exact) mass is 282 g/mol. The van der Waals surface area contributed by atoms with Gasteiger partial charge in [0.1, 0.15) is 6.04 Å². The molecule has 0 saturated carbocycles. The van der Waals surface area contributed by atoms with Gasteiger partial charge in [0.15, 0.2) is 0 Å². The number of anilines is 1. The van der Waals surface area contributed by atoms with E-state index in [-0.39, 0.29) is 5.91 Å². The van der Waals surface area contributed by atoms with Gasteiger partial charge in [0.25, 0.3) is 0 Å². The van der Waals surface area contributed by atoms with Crippen LogP contribution >= 0.6 is 0 Å². The number of carbonyl (C=O) groups excluding carboxylic acids is 1. The first-order valence-corrected chi connectivity index (χ1v) is 7.20. The highest BCUT2D eigenvalue weighted by Crippen LogP contribution is 2.19. The molecule has 0 aliphatic rings. The van der Waals surface area contributed by atoms with Gasteiger partial charge in [0.2, 0.25) is 5.91 Å². The van der Waals surface area contributed by atoms with Crippen molar-refractivity contribution in [3.8, 4) is 0 Å². The minimum absolute atomic E-state index is 0.198. The number of aryl methyl sites for hydroxylation is 1. The second-order valence-electron chi connectivity index (χ2n) is 5.65. The lowest BCUT2D eigenvalue weighted by Crippen LogP contribution is -2.27. The molecule has 3 heteroatoms. The number of rotatable bonds is 4. The van der Waals surface area contributed by atoms with Gasteiger partial charge < -0.3 is 11.1 Å². The molecule has 1 unspecified atom stereocenters. The van der Waals surface area contributed by atoms with Crippen molar-refractivity contribution in [1.82, 2.24) is 0 Å². The van der Waals surface area contributed by atoms with Crippen LogP contribution < -0.4 is 11.1 Å². The van der Waals surface area contributed by atoms with E-state index in [0.29, 0.717) is 5.92 Å². The maximum absolute atomic E-state index is 12.2. The first-order chi connectivity index (χ1) is 9.97. The molecule has 3 nitrogen and oxygen atoms in total. The van der Waals surface area contributed by atoms with Crippen LogP contribution in [0, 0.1) is 6.92 Å². The fourth-order valence-electron chi connectivity index (χ4n) is 2.10. The summed E-state index contributed by atoms with van der Waals surface area (Å²) in [6.07, 6.45) is 0. The number of amides is 1. The predicted octanol–water partition coefficient (Wildman–Crippen LogP) is 3.76. The number of hydrogen-bond donors (Lipinski definition) is 2. The van der Waals surface area contributed by atoms with Gasteiger partial charge in [-0.15, -0.1) is 0 Å². The molecule has 0 radical (unpaired) electrons. The molecule has 21 heavy (non-hydrogen) atoms.